The fourth-order valence-electron chi connectivity index (χ4n) is 1.63. The van der Waals surface area contributed by atoms with Crippen LogP contribution in [-0.2, 0) is 0 Å². The molecule has 4 heteroatoms. The van der Waals surface area contributed by atoms with Gasteiger partial charge in [-0.25, -0.2) is 4.39 Å². The molecule has 0 aromatic heterocycles. The molecular formula is C14H12FNO2. The first-order chi connectivity index (χ1) is 8.63. The highest BCUT2D eigenvalue weighted by molar-refractivity contribution is 6.09. The summed E-state index contributed by atoms with van der Waals surface area (Å²) < 4.78 is 18.8. The molecule has 0 heterocycles. The van der Waals surface area contributed by atoms with Gasteiger partial charge in [-0.1, -0.05) is 6.07 Å². The van der Waals surface area contributed by atoms with Crippen molar-refractivity contribution in [2.45, 2.75) is 0 Å². The monoisotopic (exact) mass is 245 g/mol. The Labute approximate surface area is 104 Å². The smallest absolute Gasteiger partial charge is 0.196 e. The number of halogens is 1. The van der Waals surface area contributed by atoms with Gasteiger partial charge in [0.1, 0.15) is 0 Å². The predicted octanol–water partition coefficient (Wildman–Crippen LogP) is 2.65. The largest absolute Gasteiger partial charge is 0.494 e. The van der Waals surface area contributed by atoms with Crippen molar-refractivity contribution in [2.24, 2.45) is 0 Å². The number of rotatable bonds is 3. The van der Waals surface area contributed by atoms with E-state index in [1.165, 1.54) is 19.2 Å². The lowest BCUT2D eigenvalue weighted by atomic mass is 10.0. The van der Waals surface area contributed by atoms with Crippen molar-refractivity contribution in [1.29, 1.82) is 0 Å². The minimum atomic E-state index is -0.651. The van der Waals surface area contributed by atoms with E-state index in [0.717, 1.165) is 0 Å². The number of methoxy groups -OCH3 is 1. The number of ketones is 1. The summed E-state index contributed by atoms with van der Waals surface area (Å²) in [5.41, 5.74) is 6.46. The number of benzene rings is 2. The quantitative estimate of drug-likeness (QED) is 0.668. The zero-order valence-corrected chi connectivity index (χ0v) is 9.81. The maximum Gasteiger partial charge on any atom is 0.196 e. The van der Waals surface area contributed by atoms with Crippen LogP contribution in [0.5, 0.6) is 5.75 Å². The van der Waals surface area contributed by atoms with Crippen LogP contribution in [-0.4, -0.2) is 12.9 Å². The van der Waals surface area contributed by atoms with Gasteiger partial charge in [-0.3, -0.25) is 4.79 Å². The van der Waals surface area contributed by atoms with E-state index in [1.54, 1.807) is 30.3 Å². The van der Waals surface area contributed by atoms with Gasteiger partial charge in [-0.15, -0.1) is 0 Å². The summed E-state index contributed by atoms with van der Waals surface area (Å²) in [7, 11) is 1.36. The maximum absolute atomic E-state index is 13.9. The highest BCUT2D eigenvalue weighted by Crippen LogP contribution is 2.22. The molecule has 0 aliphatic carbocycles. The number of anilines is 1. The Hall–Kier alpha value is -2.36. The number of nitrogen functional groups attached to an aromatic ring is 1. The standard InChI is InChI=1S/C14H12FNO2/c1-18-12-4-2-3-11(13(12)15)14(17)9-5-7-10(16)8-6-9/h2-8H,16H2,1H3. The minimum Gasteiger partial charge on any atom is -0.494 e. The van der Waals surface area contributed by atoms with Crippen molar-refractivity contribution in [1.82, 2.24) is 0 Å². The molecule has 0 aliphatic heterocycles. The van der Waals surface area contributed by atoms with Gasteiger partial charge in [0.2, 0.25) is 0 Å². The van der Waals surface area contributed by atoms with Gasteiger partial charge in [0.15, 0.2) is 17.3 Å². The van der Waals surface area contributed by atoms with Crippen molar-refractivity contribution in [3.05, 3.63) is 59.4 Å². The Kier molecular flexibility index (Phi) is 3.28. The molecule has 0 radical (unpaired) electrons. The van der Waals surface area contributed by atoms with Crippen LogP contribution in [0, 0.1) is 5.82 Å². The van der Waals surface area contributed by atoms with Crippen LogP contribution in [0.3, 0.4) is 0 Å². The number of ether oxygens (including phenoxy) is 1. The minimum absolute atomic E-state index is 0.0147. The molecule has 0 aliphatic rings. The molecule has 2 N–H and O–H groups in total. The molecule has 0 bridgehead atoms. The summed E-state index contributed by atoms with van der Waals surface area (Å²) in [5, 5.41) is 0. The molecule has 0 saturated carbocycles. The number of carbonyl (C=O) groups is 1. The number of nitrogens with two attached hydrogens (primary N) is 1. The molecule has 0 fully saturated rings. The van der Waals surface area contributed by atoms with Gasteiger partial charge in [0.05, 0.1) is 12.7 Å². The lowest BCUT2D eigenvalue weighted by Crippen LogP contribution is -2.05. The SMILES string of the molecule is COc1cccc(C(=O)c2ccc(N)cc2)c1F. The van der Waals surface area contributed by atoms with Crippen molar-refractivity contribution >= 4 is 11.5 Å². The lowest BCUT2D eigenvalue weighted by molar-refractivity contribution is 0.103. The summed E-state index contributed by atoms with van der Waals surface area (Å²) in [4.78, 5) is 12.1. The molecule has 0 saturated heterocycles. The highest BCUT2D eigenvalue weighted by atomic mass is 19.1. The van der Waals surface area contributed by atoms with Crippen molar-refractivity contribution in [3.63, 3.8) is 0 Å². The van der Waals surface area contributed by atoms with E-state index in [2.05, 4.69) is 0 Å². The second kappa shape index (κ2) is 4.87. The summed E-state index contributed by atoms with van der Waals surface area (Å²) in [5.74, 6) is -0.996. The fraction of sp³-hybridized carbons (Fsp3) is 0.0714. The van der Waals surface area contributed by atoms with E-state index >= 15 is 0 Å². The molecule has 0 unspecified atom stereocenters. The van der Waals surface area contributed by atoms with E-state index in [0.29, 0.717) is 11.3 Å². The van der Waals surface area contributed by atoms with Gasteiger partial charge in [-0.05, 0) is 36.4 Å². The first-order valence-electron chi connectivity index (χ1n) is 5.36. The van der Waals surface area contributed by atoms with Crippen LogP contribution in [0.2, 0.25) is 0 Å². The lowest BCUT2D eigenvalue weighted by Gasteiger charge is -2.06. The van der Waals surface area contributed by atoms with Crippen LogP contribution in [0.25, 0.3) is 0 Å². The molecule has 2 aromatic carbocycles. The van der Waals surface area contributed by atoms with E-state index < -0.39 is 11.6 Å². The van der Waals surface area contributed by atoms with Crippen LogP contribution in [0.15, 0.2) is 42.5 Å². The van der Waals surface area contributed by atoms with Gasteiger partial charge in [-0.2, -0.15) is 0 Å². The average Bonchev–Trinajstić information content (AvgIpc) is 2.39. The van der Waals surface area contributed by atoms with Crippen molar-refractivity contribution < 1.29 is 13.9 Å². The van der Waals surface area contributed by atoms with Crippen LogP contribution < -0.4 is 10.5 Å². The molecule has 3 nitrogen and oxygen atoms in total. The van der Waals surface area contributed by atoms with Gasteiger partial charge in [0, 0.05) is 11.3 Å². The molecule has 0 amide bonds. The molecule has 0 atom stereocenters. The summed E-state index contributed by atoms with van der Waals surface area (Å²) in [6.45, 7) is 0. The number of carbonyl (C=O) groups excluding carboxylic acids is 1. The number of hydrogen-bond acceptors (Lipinski definition) is 3. The zero-order valence-electron chi connectivity index (χ0n) is 9.81. The molecule has 92 valence electrons. The van der Waals surface area contributed by atoms with Gasteiger partial charge in [0.25, 0.3) is 0 Å². The Balaban J connectivity index is 2.43. The van der Waals surface area contributed by atoms with Crippen molar-refractivity contribution in [2.75, 3.05) is 12.8 Å². The second-order valence-electron chi connectivity index (χ2n) is 3.77. The third-order valence-electron chi connectivity index (χ3n) is 2.60. The second-order valence-corrected chi connectivity index (χ2v) is 3.77. The van der Waals surface area contributed by atoms with E-state index in [9.17, 15) is 9.18 Å². The van der Waals surface area contributed by atoms with E-state index in [4.69, 9.17) is 10.5 Å². The molecule has 2 rings (SSSR count). The topological polar surface area (TPSA) is 52.3 Å². The molecule has 18 heavy (non-hydrogen) atoms. The van der Waals surface area contributed by atoms with E-state index in [1.807, 2.05) is 0 Å². The summed E-state index contributed by atoms with van der Waals surface area (Å²) in [6.07, 6.45) is 0. The van der Waals surface area contributed by atoms with Crippen molar-refractivity contribution in [3.8, 4) is 5.75 Å². The maximum atomic E-state index is 13.9. The normalized spacial score (nSPS) is 10.1. The molecule has 2 aromatic rings. The Morgan fingerprint density at radius 3 is 2.44 bits per heavy atom. The van der Waals surface area contributed by atoms with Crippen LogP contribution in [0.1, 0.15) is 15.9 Å². The first kappa shape index (κ1) is 12.1. The summed E-state index contributed by atoms with van der Waals surface area (Å²) in [6, 6.07) is 10.8. The van der Waals surface area contributed by atoms with Crippen LogP contribution >= 0.6 is 0 Å². The predicted molar refractivity (Wildman–Crippen MR) is 67.2 cm³/mol. The van der Waals surface area contributed by atoms with Gasteiger partial charge >= 0.3 is 0 Å². The number of hydrogen-bond donors (Lipinski definition) is 1. The fourth-order valence-corrected chi connectivity index (χ4v) is 1.63. The van der Waals surface area contributed by atoms with E-state index in [-0.39, 0.29) is 11.3 Å². The highest BCUT2D eigenvalue weighted by Gasteiger charge is 2.16. The molecular weight excluding hydrogens is 233 g/mol. The third kappa shape index (κ3) is 2.18. The average molecular weight is 245 g/mol. The third-order valence-corrected chi connectivity index (χ3v) is 2.60. The van der Waals surface area contributed by atoms with Crippen LogP contribution in [0.4, 0.5) is 10.1 Å². The Morgan fingerprint density at radius 2 is 1.83 bits per heavy atom. The summed E-state index contributed by atoms with van der Waals surface area (Å²) >= 11 is 0. The first-order valence-corrected chi connectivity index (χ1v) is 5.36. The Morgan fingerprint density at radius 1 is 1.17 bits per heavy atom. The van der Waals surface area contributed by atoms with Gasteiger partial charge < -0.3 is 10.5 Å². The zero-order chi connectivity index (χ0) is 13.1. The molecule has 0 spiro atoms. The Bertz CT molecular complexity index is 579.